The van der Waals surface area contributed by atoms with Crippen LogP contribution in [0.5, 0.6) is 5.75 Å². The predicted molar refractivity (Wildman–Crippen MR) is 114 cm³/mol. The molecule has 3 aliphatic rings. The Morgan fingerprint density at radius 1 is 1.34 bits per heavy atom. The summed E-state index contributed by atoms with van der Waals surface area (Å²) in [7, 11) is 0. The summed E-state index contributed by atoms with van der Waals surface area (Å²) in [5, 5.41) is 16.7. The largest absolute Gasteiger partial charge is 0.508 e. The second-order valence-electron chi connectivity index (χ2n) is 9.21. The van der Waals surface area contributed by atoms with Crippen LogP contribution in [-0.2, 0) is 11.2 Å². The number of carbonyl (C=O) groups excluding carboxylic acids is 1. The normalized spacial score (nSPS) is 26.4. The Balaban J connectivity index is 1.51. The minimum atomic E-state index is -0.0682. The molecule has 2 unspecified atom stereocenters. The van der Waals surface area contributed by atoms with Crippen molar-refractivity contribution in [1.82, 2.24) is 20.4 Å². The fourth-order valence-corrected chi connectivity index (χ4v) is 4.65. The smallest absolute Gasteiger partial charge is 0.241 e. The Labute approximate surface area is 173 Å². The number of amides is 1. The summed E-state index contributed by atoms with van der Waals surface area (Å²) >= 11 is 0. The average Bonchev–Trinajstić information content (AvgIpc) is 2.92. The number of benzene rings is 1. The highest BCUT2D eigenvalue weighted by atomic mass is 16.3. The first-order chi connectivity index (χ1) is 13.8. The van der Waals surface area contributed by atoms with Gasteiger partial charge >= 0.3 is 0 Å². The quantitative estimate of drug-likeness (QED) is 0.725. The summed E-state index contributed by atoms with van der Waals surface area (Å²) in [6.07, 6.45) is 5.04. The zero-order valence-corrected chi connectivity index (χ0v) is 17.6. The van der Waals surface area contributed by atoms with Gasteiger partial charge in [0.25, 0.3) is 0 Å². The summed E-state index contributed by atoms with van der Waals surface area (Å²) in [5.74, 6) is 0.464. The number of aromatic hydroxyl groups is 1. The van der Waals surface area contributed by atoms with Gasteiger partial charge in [0.1, 0.15) is 5.75 Å². The lowest BCUT2D eigenvalue weighted by molar-refractivity contribution is -0.130. The van der Waals surface area contributed by atoms with Crippen molar-refractivity contribution in [1.29, 1.82) is 0 Å². The van der Waals surface area contributed by atoms with Gasteiger partial charge in [0.2, 0.25) is 5.91 Å². The summed E-state index contributed by atoms with van der Waals surface area (Å²) in [4.78, 5) is 17.4. The molecule has 0 radical (unpaired) electrons. The summed E-state index contributed by atoms with van der Waals surface area (Å²) in [6.45, 7) is 10.5. The van der Waals surface area contributed by atoms with Crippen molar-refractivity contribution in [3.8, 4) is 5.75 Å². The lowest BCUT2D eigenvalue weighted by Crippen LogP contribution is -2.52. The molecule has 1 aromatic rings. The zero-order valence-electron chi connectivity index (χ0n) is 17.6. The highest BCUT2D eigenvalue weighted by Crippen LogP contribution is 2.43. The number of hydrogen-bond acceptors (Lipinski definition) is 5. The number of rotatable bonds is 4. The van der Waals surface area contributed by atoms with Gasteiger partial charge in [0.05, 0.1) is 12.6 Å². The van der Waals surface area contributed by atoms with E-state index in [0.29, 0.717) is 19.1 Å². The second-order valence-corrected chi connectivity index (χ2v) is 9.21. The van der Waals surface area contributed by atoms with Crippen molar-refractivity contribution in [3.05, 3.63) is 53.4 Å². The highest BCUT2D eigenvalue weighted by Gasteiger charge is 2.42. The van der Waals surface area contributed by atoms with Crippen LogP contribution in [0.2, 0.25) is 0 Å². The van der Waals surface area contributed by atoms with Crippen LogP contribution in [0.25, 0.3) is 0 Å². The van der Waals surface area contributed by atoms with Crippen LogP contribution in [0.15, 0.2) is 47.8 Å². The third-order valence-electron chi connectivity index (χ3n) is 6.13. The number of phenolic OH excluding ortho intramolecular Hbond substituents is 1. The van der Waals surface area contributed by atoms with Gasteiger partial charge in [0, 0.05) is 49.5 Å². The van der Waals surface area contributed by atoms with E-state index in [1.54, 1.807) is 12.1 Å². The van der Waals surface area contributed by atoms with Crippen LogP contribution in [-0.4, -0.2) is 65.6 Å². The standard InChI is InChI=1S/C23H32N4O2/c1-16-13-26(8-7-24-16)14-22(29)27-15-23(2,3)20-12-25-18(11-21(20)27)9-17-5-4-6-19(28)10-17/h4-6,10-12,16,18,24-25,28H,7-9,13-15H2,1-3H3. The van der Waals surface area contributed by atoms with Crippen molar-refractivity contribution < 1.29 is 9.90 Å². The molecule has 3 heterocycles. The van der Waals surface area contributed by atoms with Crippen LogP contribution in [0.1, 0.15) is 26.3 Å². The molecular formula is C23H32N4O2. The third-order valence-corrected chi connectivity index (χ3v) is 6.13. The van der Waals surface area contributed by atoms with E-state index in [4.69, 9.17) is 0 Å². The van der Waals surface area contributed by atoms with E-state index >= 15 is 0 Å². The number of dihydropyridines is 1. The molecule has 4 rings (SSSR count). The van der Waals surface area contributed by atoms with E-state index < -0.39 is 0 Å². The molecule has 3 aliphatic heterocycles. The SMILES string of the molecule is CC1CN(CC(=O)N2CC(C)(C)C3=CNC(Cc4cccc(O)c4)C=C32)CCN1. The van der Waals surface area contributed by atoms with Crippen LogP contribution in [0.3, 0.4) is 0 Å². The third kappa shape index (κ3) is 4.33. The van der Waals surface area contributed by atoms with Crippen molar-refractivity contribution in [2.24, 2.45) is 5.41 Å². The molecule has 1 aromatic carbocycles. The molecule has 156 valence electrons. The van der Waals surface area contributed by atoms with Gasteiger partial charge in [-0.25, -0.2) is 0 Å². The fourth-order valence-electron chi connectivity index (χ4n) is 4.65. The Bertz CT molecular complexity index is 845. The summed E-state index contributed by atoms with van der Waals surface area (Å²) in [6, 6.07) is 7.89. The maximum Gasteiger partial charge on any atom is 0.241 e. The Kier molecular flexibility index (Phi) is 5.40. The van der Waals surface area contributed by atoms with Crippen LogP contribution in [0, 0.1) is 5.41 Å². The first kappa shape index (κ1) is 20.0. The van der Waals surface area contributed by atoms with Crippen molar-refractivity contribution in [2.75, 3.05) is 32.7 Å². The highest BCUT2D eigenvalue weighted by molar-refractivity contribution is 5.82. The number of likely N-dealkylation sites (tertiary alicyclic amines) is 1. The molecular weight excluding hydrogens is 364 g/mol. The van der Waals surface area contributed by atoms with E-state index in [1.807, 2.05) is 17.0 Å². The van der Waals surface area contributed by atoms with E-state index in [-0.39, 0.29) is 23.1 Å². The zero-order chi connectivity index (χ0) is 20.6. The molecule has 1 amide bonds. The minimum absolute atomic E-state index is 0.0682. The number of nitrogens with one attached hydrogen (secondary N) is 2. The van der Waals surface area contributed by atoms with Crippen molar-refractivity contribution >= 4 is 5.91 Å². The number of allylic oxidation sites excluding steroid dienone is 1. The number of phenols is 1. The first-order valence-electron chi connectivity index (χ1n) is 10.5. The molecule has 0 saturated carbocycles. The molecule has 6 nitrogen and oxygen atoms in total. The second kappa shape index (κ2) is 7.84. The average molecular weight is 397 g/mol. The molecule has 29 heavy (non-hydrogen) atoms. The number of hydrogen-bond donors (Lipinski definition) is 3. The van der Waals surface area contributed by atoms with E-state index in [0.717, 1.165) is 37.3 Å². The molecule has 2 saturated heterocycles. The Morgan fingerprint density at radius 3 is 2.93 bits per heavy atom. The number of fused-ring (bicyclic) bond motifs is 1. The van der Waals surface area contributed by atoms with Gasteiger partial charge in [-0.15, -0.1) is 0 Å². The minimum Gasteiger partial charge on any atom is -0.508 e. The van der Waals surface area contributed by atoms with Crippen LogP contribution in [0.4, 0.5) is 0 Å². The summed E-state index contributed by atoms with van der Waals surface area (Å²) in [5.41, 5.74) is 3.25. The molecule has 2 fully saturated rings. The van der Waals surface area contributed by atoms with Gasteiger partial charge in [-0.1, -0.05) is 26.0 Å². The molecule has 0 aliphatic carbocycles. The fraction of sp³-hybridized carbons (Fsp3) is 0.522. The topological polar surface area (TPSA) is 67.8 Å². The number of piperazine rings is 1. The molecule has 6 heteroatoms. The molecule has 0 bridgehead atoms. The molecule has 3 N–H and O–H groups in total. The number of nitrogens with zero attached hydrogens (tertiary/aromatic N) is 2. The Hall–Kier alpha value is -2.31. The van der Waals surface area contributed by atoms with Gasteiger partial charge in [0.15, 0.2) is 0 Å². The lowest BCUT2D eigenvalue weighted by atomic mass is 9.85. The predicted octanol–water partition coefficient (Wildman–Crippen LogP) is 1.84. The maximum absolute atomic E-state index is 13.2. The van der Waals surface area contributed by atoms with E-state index in [9.17, 15) is 9.90 Å². The molecule has 0 aromatic heterocycles. The maximum atomic E-state index is 13.2. The number of carbonyl (C=O) groups is 1. The van der Waals surface area contributed by atoms with Gasteiger partial charge in [-0.3, -0.25) is 9.69 Å². The van der Waals surface area contributed by atoms with Crippen LogP contribution >= 0.6 is 0 Å². The lowest BCUT2D eigenvalue weighted by Gasteiger charge is -2.33. The van der Waals surface area contributed by atoms with Crippen molar-refractivity contribution in [3.63, 3.8) is 0 Å². The van der Waals surface area contributed by atoms with Gasteiger partial charge in [-0.05, 0) is 42.7 Å². The van der Waals surface area contributed by atoms with Gasteiger partial charge in [-0.2, -0.15) is 0 Å². The van der Waals surface area contributed by atoms with Crippen molar-refractivity contribution in [2.45, 2.75) is 39.3 Å². The monoisotopic (exact) mass is 396 g/mol. The molecule has 2 atom stereocenters. The summed E-state index contributed by atoms with van der Waals surface area (Å²) < 4.78 is 0. The molecule has 0 spiro atoms. The van der Waals surface area contributed by atoms with Crippen LogP contribution < -0.4 is 10.6 Å². The Morgan fingerprint density at radius 2 is 2.17 bits per heavy atom. The van der Waals surface area contributed by atoms with E-state index in [2.05, 4.69) is 48.6 Å². The first-order valence-corrected chi connectivity index (χ1v) is 10.5. The van der Waals surface area contributed by atoms with E-state index in [1.165, 1.54) is 5.57 Å². The van der Waals surface area contributed by atoms with Gasteiger partial charge < -0.3 is 20.6 Å².